The quantitative estimate of drug-likeness (QED) is 0.404. The molecule has 2 N–H and O–H groups in total. The molecule has 1 spiro atoms. The Bertz CT molecular complexity index is 428. The molecular weight excluding hydrogens is 389 g/mol. The molecule has 2 saturated carbocycles. The third-order valence-electron chi connectivity index (χ3n) is 6.61. The van der Waals surface area contributed by atoms with Crippen molar-refractivity contribution in [1.82, 2.24) is 4.90 Å². The van der Waals surface area contributed by atoms with Crippen LogP contribution in [0, 0.1) is 17.3 Å². The summed E-state index contributed by atoms with van der Waals surface area (Å²) >= 11 is 0. The first kappa shape index (κ1) is 16.8. The van der Waals surface area contributed by atoms with Gasteiger partial charge in [-0.15, -0.1) is 24.0 Å². The molecule has 5 heteroatoms. The lowest BCUT2D eigenvalue weighted by molar-refractivity contribution is -0.117. The summed E-state index contributed by atoms with van der Waals surface area (Å²) in [4.78, 5) is 7.36. The van der Waals surface area contributed by atoms with Crippen LogP contribution in [-0.4, -0.2) is 42.7 Å². The molecule has 2 aliphatic carbocycles. The number of piperidine rings is 1. The van der Waals surface area contributed by atoms with E-state index in [2.05, 4.69) is 11.8 Å². The van der Waals surface area contributed by atoms with Crippen LogP contribution in [0.1, 0.15) is 51.9 Å². The molecule has 2 saturated heterocycles. The predicted molar refractivity (Wildman–Crippen MR) is 99.5 cm³/mol. The van der Waals surface area contributed by atoms with Crippen LogP contribution in [0.4, 0.5) is 0 Å². The van der Waals surface area contributed by atoms with Crippen LogP contribution in [0.2, 0.25) is 0 Å². The van der Waals surface area contributed by atoms with Gasteiger partial charge in [-0.1, -0.05) is 19.8 Å². The maximum Gasteiger partial charge on any atom is 0.191 e. The van der Waals surface area contributed by atoms with Gasteiger partial charge in [0.25, 0.3) is 0 Å². The van der Waals surface area contributed by atoms with Crippen molar-refractivity contribution in [1.29, 1.82) is 0 Å². The summed E-state index contributed by atoms with van der Waals surface area (Å²) in [6.07, 6.45) is 9.47. The molecule has 0 aromatic heterocycles. The van der Waals surface area contributed by atoms with Gasteiger partial charge in [-0.05, 0) is 38.0 Å². The molecule has 22 heavy (non-hydrogen) atoms. The monoisotopic (exact) mass is 419 g/mol. The van der Waals surface area contributed by atoms with E-state index in [1.54, 1.807) is 0 Å². The van der Waals surface area contributed by atoms with Crippen molar-refractivity contribution >= 4 is 29.9 Å². The first-order chi connectivity index (χ1) is 10.2. The molecule has 0 bridgehead atoms. The van der Waals surface area contributed by atoms with Gasteiger partial charge in [-0.25, -0.2) is 4.99 Å². The molecule has 126 valence electrons. The van der Waals surface area contributed by atoms with Gasteiger partial charge in [0.1, 0.15) is 0 Å². The van der Waals surface area contributed by atoms with Crippen LogP contribution < -0.4 is 5.73 Å². The summed E-state index contributed by atoms with van der Waals surface area (Å²) in [7, 11) is 0. The number of halogens is 1. The fourth-order valence-corrected chi connectivity index (χ4v) is 5.30. The second-order valence-corrected chi connectivity index (χ2v) is 7.79. The van der Waals surface area contributed by atoms with E-state index in [9.17, 15) is 0 Å². The highest BCUT2D eigenvalue weighted by molar-refractivity contribution is 14.0. The number of nitrogens with two attached hydrogens (primary N) is 1. The molecule has 4 nitrogen and oxygen atoms in total. The lowest BCUT2D eigenvalue weighted by Gasteiger charge is -2.55. The van der Waals surface area contributed by atoms with Gasteiger partial charge < -0.3 is 15.4 Å². The highest BCUT2D eigenvalue weighted by atomic mass is 127. The molecular formula is C17H30IN3O. The van der Waals surface area contributed by atoms with E-state index < -0.39 is 0 Å². The van der Waals surface area contributed by atoms with Crippen LogP contribution in [0.25, 0.3) is 0 Å². The Balaban J connectivity index is 0.00000144. The average molecular weight is 419 g/mol. The minimum absolute atomic E-state index is 0. The number of nitrogens with zero attached hydrogens (tertiary/aromatic N) is 2. The lowest BCUT2D eigenvalue weighted by atomic mass is 9.54. The number of rotatable bonds is 1. The van der Waals surface area contributed by atoms with Gasteiger partial charge in [-0.3, -0.25) is 0 Å². The largest absolute Gasteiger partial charge is 0.377 e. The van der Waals surface area contributed by atoms with Crippen molar-refractivity contribution in [3.05, 3.63) is 0 Å². The van der Waals surface area contributed by atoms with Crippen LogP contribution in [0.5, 0.6) is 0 Å². The minimum Gasteiger partial charge on any atom is -0.377 e. The van der Waals surface area contributed by atoms with Crippen LogP contribution in [0.15, 0.2) is 4.99 Å². The number of hydrogen-bond acceptors (Lipinski definition) is 2. The minimum atomic E-state index is 0. The predicted octanol–water partition coefficient (Wildman–Crippen LogP) is 3.00. The van der Waals surface area contributed by atoms with Crippen molar-refractivity contribution < 1.29 is 4.74 Å². The van der Waals surface area contributed by atoms with Gasteiger partial charge >= 0.3 is 0 Å². The number of guanidine groups is 1. The van der Waals surface area contributed by atoms with E-state index in [4.69, 9.17) is 15.5 Å². The zero-order valence-corrected chi connectivity index (χ0v) is 16.0. The smallest absolute Gasteiger partial charge is 0.191 e. The van der Waals surface area contributed by atoms with Crippen molar-refractivity contribution in [2.24, 2.45) is 28.0 Å². The van der Waals surface area contributed by atoms with E-state index in [0.29, 0.717) is 23.5 Å². The van der Waals surface area contributed by atoms with Gasteiger partial charge in [0.05, 0.1) is 12.1 Å². The second kappa shape index (κ2) is 6.46. The first-order valence-electron chi connectivity index (χ1n) is 8.90. The Labute approximate surface area is 151 Å². The molecule has 0 aromatic rings. The first-order valence-corrected chi connectivity index (χ1v) is 8.90. The number of ether oxygens (including phenoxy) is 1. The Hall–Kier alpha value is -0.0400. The topological polar surface area (TPSA) is 50.8 Å². The fourth-order valence-electron chi connectivity index (χ4n) is 5.30. The lowest BCUT2D eigenvalue weighted by Crippen LogP contribution is -2.61. The number of aliphatic imine (C=N–C) groups is 1. The average Bonchev–Trinajstić information content (AvgIpc) is 3.13. The maximum absolute atomic E-state index is 6.37. The number of hydrogen-bond donors (Lipinski definition) is 1. The Morgan fingerprint density at radius 3 is 2.55 bits per heavy atom. The molecule has 3 atom stereocenters. The molecule has 0 aromatic carbocycles. The summed E-state index contributed by atoms with van der Waals surface area (Å²) in [6.45, 7) is 5.44. The zero-order valence-electron chi connectivity index (χ0n) is 13.7. The Morgan fingerprint density at radius 2 is 1.86 bits per heavy atom. The second-order valence-electron chi connectivity index (χ2n) is 7.79. The van der Waals surface area contributed by atoms with E-state index in [0.717, 1.165) is 31.6 Å². The summed E-state index contributed by atoms with van der Waals surface area (Å²) in [5.41, 5.74) is 6.72. The number of likely N-dealkylation sites (tertiary alicyclic amines) is 1. The van der Waals surface area contributed by atoms with Crippen molar-refractivity contribution in [3.8, 4) is 0 Å². The fraction of sp³-hybridized carbons (Fsp3) is 0.941. The standard InChI is InChI=1S/C17H29N3O.HI/c1-12-4-9-20(10-5-12)16(18)19-14-13-6-11-21-15(13)17(14)7-2-3-8-17;/h12-15H,2-11H2,1H3,(H2,18,19);1H. The summed E-state index contributed by atoms with van der Waals surface area (Å²) < 4.78 is 6.04. The highest BCUT2D eigenvalue weighted by Crippen LogP contribution is 2.62. The van der Waals surface area contributed by atoms with Crippen LogP contribution in [0.3, 0.4) is 0 Å². The Morgan fingerprint density at radius 1 is 1.18 bits per heavy atom. The van der Waals surface area contributed by atoms with Gasteiger partial charge in [0.2, 0.25) is 0 Å². The molecule has 3 unspecified atom stereocenters. The van der Waals surface area contributed by atoms with Crippen molar-refractivity contribution in [2.45, 2.75) is 64.0 Å². The van der Waals surface area contributed by atoms with Gasteiger partial charge in [0.15, 0.2) is 5.96 Å². The molecule has 4 fully saturated rings. The van der Waals surface area contributed by atoms with Gasteiger partial charge in [-0.2, -0.15) is 0 Å². The molecule has 4 rings (SSSR count). The normalized spacial score (nSPS) is 37.8. The SMILES string of the molecule is CC1CCN(C(N)=NC2C3CCOC3C23CCCC3)CC1.I. The van der Waals surface area contributed by atoms with E-state index in [-0.39, 0.29) is 24.0 Å². The number of fused-ring (bicyclic) bond motifs is 2. The summed E-state index contributed by atoms with van der Waals surface area (Å²) in [5.74, 6) is 2.29. The molecule has 4 aliphatic rings. The maximum atomic E-state index is 6.37. The molecule has 0 amide bonds. The Kier molecular flexibility index (Phi) is 4.93. The zero-order chi connectivity index (χ0) is 14.4. The third kappa shape index (κ3) is 2.56. The van der Waals surface area contributed by atoms with Crippen molar-refractivity contribution in [3.63, 3.8) is 0 Å². The summed E-state index contributed by atoms with van der Waals surface area (Å²) in [6, 6.07) is 0.437. The molecule has 0 radical (unpaired) electrons. The summed E-state index contributed by atoms with van der Waals surface area (Å²) in [5, 5.41) is 0. The van der Waals surface area contributed by atoms with Crippen LogP contribution in [-0.2, 0) is 4.74 Å². The van der Waals surface area contributed by atoms with E-state index in [1.807, 2.05) is 0 Å². The van der Waals surface area contributed by atoms with E-state index in [1.165, 1.54) is 44.9 Å². The van der Waals surface area contributed by atoms with Gasteiger partial charge in [0, 0.05) is 31.0 Å². The van der Waals surface area contributed by atoms with Crippen molar-refractivity contribution in [2.75, 3.05) is 19.7 Å². The highest BCUT2D eigenvalue weighted by Gasteiger charge is 2.65. The van der Waals surface area contributed by atoms with Crippen LogP contribution >= 0.6 is 24.0 Å². The molecule has 2 heterocycles. The van der Waals surface area contributed by atoms with E-state index >= 15 is 0 Å². The third-order valence-corrected chi connectivity index (χ3v) is 6.61. The molecule has 2 aliphatic heterocycles.